The van der Waals surface area contributed by atoms with Crippen molar-refractivity contribution < 1.29 is 0 Å². The first-order valence-corrected chi connectivity index (χ1v) is 9.74. The molecule has 2 rings (SSSR count). The van der Waals surface area contributed by atoms with Gasteiger partial charge < -0.3 is 15.5 Å². The Morgan fingerprint density at radius 3 is 2.33 bits per heavy atom. The lowest BCUT2D eigenvalue weighted by atomic mass is 10.2. The average molecular weight is 451 g/mol. The van der Waals surface area contributed by atoms with Gasteiger partial charge in [0.2, 0.25) is 0 Å². The van der Waals surface area contributed by atoms with Crippen molar-refractivity contribution in [3.8, 4) is 0 Å². The van der Waals surface area contributed by atoms with E-state index in [0.29, 0.717) is 0 Å². The van der Waals surface area contributed by atoms with Gasteiger partial charge in [-0.2, -0.15) is 0 Å². The normalized spacial score (nSPS) is 19.7. The molecule has 2 N–H and O–H groups in total. The monoisotopic (exact) mass is 451 g/mol. The lowest BCUT2D eigenvalue weighted by Crippen LogP contribution is -2.42. The summed E-state index contributed by atoms with van der Waals surface area (Å²) in [6.07, 6.45) is 9.57. The predicted octanol–water partition coefficient (Wildman–Crippen LogP) is 2.52. The Kier molecular flexibility index (Phi) is 12.0. The zero-order valence-electron chi connectivity index (χ0n) is 15.7. The Bertz CT molecular complexity index is 338. The molecule has 0 aromatic rings. The molecule has 6 heteroatoms. The van der Waals surface area contributed by atoms with Crippen LogP contribution < -0.4 is 10.6 Å². The number of hydrogen-bond acceptors (Lipinski definition) is 3. The van der Waals surface area contributed by atoms with Crippen LogP contribution >= 0.6 is 24.0 Å². The molecule has 1 saturated heterocycles. The van der Waals surface area contributed by atoms with Crippen molar-refractivity contribution in [1.29, 1.82) is 0 Å². The summed E-state index contributed by atoms with van der Waals surface area (Å²) in [5.74, 6) is 0.952. The van der Waals surface area contributed by atoms with Gasteiger partial charge in [0.1, 0.15) is 0 Å². The number of aliphatic imine (C=N–C) groups is 1. The Hall–Kier alpha value is -0.0800. The summed E-state index contributed by atoms with van der Waals surface area (Å²) in [7, 11) is 1.86. The van der Waals surface area contributed by atoms with Crippen LogP contribution in [0.5, 0.6) is 0 Å². The number of likely N-dealkylation sites (N-methyl/N-ethyl adjacent to an activating group) is 1. The quantitative estimate of drug-likeness (QED) is 0.245. The molecule has 0 amide bonds. The molecule has 0 bridgehead atoms. The highest BCUT2D eigenvalue weighted by atomic mass is 127. The van der Waals surface area contributed by atoms with Crippen LogP contribution in [0, 0.1) is 0 Å². The average Bonchev–Trinajstić information content (AvgIpc) is 3.41. The molecule has 2 aliphatic rings. The molecule has 0 aromatic heterocycles. The standard InChI is InChI=1S/C18H37N5.HI/c1-3-23(17-9-10-17)16-12-21-18(19-2)20-11-8-15-22-13-6-4-5-7-14-22;/h17H,3-16H2,1-2H3,(H2,19,20,21);1H. The highest BCUT2D eigenvalue weighted by Gasteiger charge is 2.27. The van der Waals surface area contributed by atoms with E-state index in [-0.39, 0.29) is 24.0 Å². The van der Waals surface area contributed by atoms with Gasteiger partial charge in [-0.05, 0) is 58.3 Å². The van der Waals surface area contributed by atoms with Crippen LogP contribution in [0.15, 0.2) is 4.99 Å². The first-order chi connectivity index (χ1) is 11.3. The third-order valence-electron chi connectivity index (χ3n) is 5.03. The summed E-state index contributed by atoms with van der Waals surface area (Å²) in [5.41, 5.74) is 0. The second kappa shape index (κ2) is 13.2. The zero-order chi connectivity index (χ0) is 16.3. The summed E-state index contributed by atoms with van der Waals surface area (Å²) < 4.78 is 0. The minimum absolute atomic E-state index is 0. The first-order valence-electron chi connectivity index (χ1n) is 9.74. The van der Waals surface area contributed by atoms with Crippen molar-refractivity contribution in [2.24, 2.45) is 4.99 Å². The number of guanidine groups is 1. The third-order valence-corrected chi connectivity index (χ3v) is 5.03. The van der Waals surface area contributed by atoms with Crippen molar-refractivity contribution in [3.05, 3.63) is 0 Å². The van der Waals surface area contributed by atoms with E-state index in [2.05, 4.69) is 32.3 Å². The van der Waals surface area contributed by atoms with Crippen LogP contribution in [0.3, 0.4) is 0 Å². The molecule has 142 valence electrons. The predicted molar refractivity (Wildman–Crippen MR) is 115 cm³/mol. The Morgan fingerprint density at radius 2 is 1.75 bits per heavy atom. The van der Waals surface area contributed by atoms with Crippen molar-refractivity contribution >= 4 is 29.9 Å². The van der Waals surface area contributed by atoms with Crippen molar-refractivity contribution in [1.82, 2.24) is 20.4 Å². The van der Waals surface area contributed by atoms with Crippen molar-refractivity contribution in [3.63, 3.8) is 0 Å². The Morgan fingerprint density at radius 1 is 1.08 bits per heavy atom. The second-order valence-corrected chi connectivity index (χ2v) is 6.89. The molecule has 2 fully saturated rings. The summed E-state index contributed by atoms with van der Waals surface area (Å²) in [6, 6.07) is 0.852. The van der Waals surface area contributed by atoms with Gasteiger partial charge in [0.15, 0.2) is 5.96 Å². The number of nitrogens with one attached hydrogen (secondary N) is 2. The van der Waals surface area contributed by atoms with E-state index < -0.39 is 0 Å². The fraction of sp³-hybridized carbons (Fsp3) is 0.944. The van der Waals surface area contributed by atoms with Crippen LogP contribution in [0.2, 0.25) is 0 Å². The number of halogens is 1. The maximum absolute atomic E-state index is 4.33. The molecule has 0 aromatic carbocycles. The van der Waals surface area contributed by atoms with Gasteiger partial charge in [-0.15, -0.1) is 24.0 Å². The van der Waals surface area contributed by atoms with E-state index in [0.717, 1.165) is 38.2 Å². The smallest absolute Gasteiger partial charge is 0.191 e. The summed E-state index contributed by atoms with van der Waals surface area (Å²) in [4.78, 5) is 9.53. The number of likely N-dealkylation sites (tertiary alicyclic amines) is 1. The lowest BCUT2D eigenvalue weighted by Gasteiger charge is -2.21. The van der Waals surface area contributed by atoms with Crippen LogP contribution in [0.25, 0.3) is 0 Å². The topological polar surface area (TPSA) is 42.9 Å². The molecule has 0 radical (unpaired) electrons. The summed E-state index contributed by atoms with van der Waals surface area (Å²) in [5, 5.41) is 6.90. The van der Waals surface area contributed by atoms with Gasteiger partial charge in [0.05, 0.1) is 0 Å². The summed E-state index contributed by atoms with van der Waals surface area (Å²) in [6.45, 7) is 10.3. The zero-order valence-corrected chi connectivity index (χ0v) is 18.1. The maximum Gasteiger partial charge on any atom is 0.191 e. The fourth-order valence-electron chi connectivity index (χ4n) is 3.45. The summed E-state index contributed by atoms with van der Waals surface area (Å²) >= 11 is 0. The van der Waals surface area contributed by atoms with E-state index in [9.17, 15) is 0 Å². The van der Waals surface area contributed by atoms with Gasteiger partial charge in [0.25, 0.3) is 0 Å². The molecule has 0 atom stereocenters. The highest BCUT2D eigenvalue weighted by Crippen LogP contribution is 2.25. The first kappa shape index (κ1) is 22.0. The second-order valence-electron chi connectivity index (χ2n) is 6.89. The lowest BCUT2D eigenvalue weighted by molar-refractivity contribution is 0.280. The van der Waals surface area contributed by atoms with Crippen LogP contribution in [0.4, 0.5) is 0 Å². The number of hydrogen-bond donors (Lipinski definition) is 2. The largest absolute Gasteiger partial charge is 0.356 e. The Balaban J connectivity index is 0.00000288. The van der Waals surface area contributed by atoms with E-state index >= 15 is 0 Å². The third kappa shape index (κ3) is 8.85. The fourth-order valence-corrected chi connectivity index (χ4v) is 3.45. The van der Waals surface area contributed by atoms with Gasteiger partial charge in [-0.1, -0.05) is 19.8 Å². The molecule has 1 saturated carbocycles. The van der Waals surface area contributed by atoms with Gasteiger partial charge in [0, 0.05) is 32.7 Å². The van der Waals surface area contributed by atoms with Gasteiger partial charge in [-0.25, -0.2) is 0 Å². The molecule has 1 aliphatic heterocycles. The molecular formula is C18H38IN5. The van der Waals surface area contributed by atoms with Crippen LogP contribution in [-0.2, 0) is 0 Å². The molecule has 1 heterocycles. The highest BCUT2D eigenvalue weighted by molar-refractivity contribution is 14.0. The van der Waals surface area contributed by atoms with E-state index in [1.807, 2.05) is 7.05 Å². The maximum atomic E-state index is 4.33. The van der Waals surface area contributed by atoms with Gasteiger partial charge >= 0.3 is 0 Å². The van der Waals surface area contributed by atoms with E-state index in [1.165, 1.54) is 64.6 Å². The SMILES string of the molecule is CCN(CCNC(=NC)NCCCN1CCCCCC1)C1CC1.I. The van der Waals surface area contributed by atoms with Crippen LogP contribution in [-0.4, -0.2) is 74.7 Å². The molecular weight excluding hydrogens is 413 g/mol. The van der Waals surface area contributed by atoms with Gasteiger partial charge in [-0.3, -0.25) is 9.89 Å². The molecule has 1 aliphatic carbocycles. The van der Waals surface area contributed by atoms with E-state index in [1.54, 1.807) is 0 Å². The molecule has 24 heavy (non-hydrogen) atoms. The minimum atomic E-state index is 0. The Labute approximate surface area is 166 Å². The molecule has 0 spiro atoms. The van der Waals surface area contributed by atoms with E-state index in [4.69, 9.17) is 0 Å². The van der Waals surface area contributed by atoms with Crippen LogP contribution in [0.1, 0.15) is 51.9 Å². The number of nitrogens with zero attached hydrogens (tertiary/aromatic N) is 3. The molecule has 0 unspecified atom stereocenters. The van der Waals surface area contributed by atoms with Crippen molar-refractivity contribution in [2.45, 2.75) is 57.9 Å². The molecule has 5 nitrogen and oxygen atoms in total. The number of rotatable bonds is 9. The van der Waals surface area contributed by atoms with Crippen molar-refractivity contribution in [2.75, 3.05) is 52.9 Å². The minimum Gasteiger partial charge on any atom is -0.356 e.